The lowest BCUT2D eigenvalue weighted by molar-refractivity contribution is -0.152. The monoisotopic (exact) mass is 596 g/mol. The number of ether oxygens (including phenoxy) is 1. The van der Waals surface area contributed by atoms with E-state index in [-0.39, 0.29) is 37.5 Å². The molecule has 11 heteroatoms. The van der Waals surface area contributed by atoms with Crippen molar-refractivity contribution in [2.24, 2.45) is 11.8 Å². The Morgan fingerprint density at radius 3 is 2.48 bits per heavy atom. The van der Waals surface area contributed by atoms with E-state index in [1.54, 1.807) is 19.4 Å². The number of aliphatic hydroxyl groups is 1. The van der Waals surface area contributed by atoms with Crippen molar-refractivity contribution in [2.75, 3.05) is 31.1 Å². The van der Waals surface area contributed by atoms with Crippen LogP contribution in [0.25, 0.3) is 11.0 Å². The molecule has 5 heterocycles. The summed E-state index contributed by atoms with van der Waals surface area (Å²) in [7, 11) is 0. The van der Waals surface area contributed by atoms with Crippen LogP contribution in [-0.2, 0) is 25.8 Å². The highest BCUT2D eigenvalue weighted by Gasteiger charge is 2.74. The Kier molecular flexibility index (Phi) is 7.09. The molecular weight excluding hydrogens is 560 g/mol. The van der Waals surface area contributed by atoms with Crippen molar-refractivity contribution in [1.82, 2.24) is 24.8 Å². The van der Waals surface area contributed by atoms with Crippen LogP contribution < -0.4 is 4.90 Å². The van der Waals surface area contributed by atoms with Gasteiger partial charge in [0.2, 0.25) is 11.8 Å². The Hall–Kier alpha value is -4.35. The number of carbonyl (C=O) groups excluding carboxylic acids is 3. The molecule has 0 bridgehead atoms. The fourth-order valence-electron chi connectivity index (χ4n) is 7.53. The fourth-order valence-corrected chi connectivity index (χ4v) is 7.53. The molecule has 1 N–H and O–H groups in total. The number of hydrogen-bond acceptors (Lipinski definition) is 7. The number of amides is 3. The number of unbranched alkanes of at least 4 members (excludes halogenated alkanes) is 2. The first-order valence-corrected chi connectivity index (χ1v) is 15.3. The van der Waals surface area contributed by atoms with Crippen molar-refractivity contribution >= 4 is 34.4 Å². The van der Waals surface area contributed by atoms with Crippen LogP contribution in [0.1, 0.15) is 26.2 Å². The van der Waals surface area contributed by atoms with E-state index in [9.17, 15) is 19.5 Å². The van der Waals surface area contributed by atoms with Gasteiger partial charge in [0.25, 0.3) is 5.91 Å². The third kappa shape index (κ3) is 4.36. The molecule has 3 amide bonds. The summed E-state index contributed by atoms with van der Waals surface area (Å²) in [6.45, 7) is 3.02. The molecule has 2 saturated heterocycles. The van der Waals surface area contributed by atoms with Gasteiger partial charge in [-0.05, 0) is 50.5 Å². The van der Waals surface area contributed by atoms with Gasteiger partial charge < -0.3 is 24.5 Å². The summed E-state index contributed by atoms with van der Waals surface area (Å²) in [5.74, 6) is -2.43. The number of hydrogen-bond donors (Lipinski definition) is 1. The topological polar surface area (TPSA) is 121 Å². The maximum atomic E-state index is 14.6. The molecule has 1 spiro atoms. The van der Waals surface area contributed by atoms with Gasteiger partial charge in [0, 0.05) is 31.9 Å². The molecule has 11 nitrogen and oxygen atoms in total. The van der Waals surface area contributed by atoms with Crippen molar-refractivity contribution in [2.45, 2.75) is 50.1 Å². The third-order valence-corrected chi connectivity index (χ3v) is 9.49. The average molecular weight is 597 g/mol. The van der Waals surface area contributed by atoms with Crippen molar-refractivity contribution in [3.63, 3.8) is 0 Å². The highest BCUT2D eigenvalue weighted by atomic mass is 16.5. The molecule has 0 saturated carbocycles. The van der Waals surface area contributed by atoms with Gasteiger partial charge in [-0.3, -0.25) is 14.4 Å². The molecule has 4 aliphatic heterocycles. The first-order valence-electron chi connectivity index (χ1n) is 15.3. The number of carbonyl (C=O) groups is 3. The van der Waals surface area contributed by atoms with E-state index in [0.29, 0.717) is 32.4 Å². The Morgan fingerprint density at radius 2 is 1.66 bits per heavy atom. The van der Waals surface area contributed by atoms with E-state index in [4.69, 9.17) is 4.74 Å². The Bertz CT molecular complexity index is 1650. The molecule has 7 rings (SSSR count). The highest BCUT2D eigenvalue weighted by molar-refractivity contribution is 6.04. The van der Waals surface area contributed by atoms with Gasteiger partial charge in [0.1, 0.15) is 23.8 Å². The predicted octanol–water partition coefficient (Wildman–Crippen LogP) is 2.52. The Balaban J connectivity index is 1.28. The lowest BCUT2D eigenvalue weighted by Crippen LogP contribution is -2.56. The number of likely N-dealkylation sites (tertiary alicyclic amines) is 1. The minimum absolute atomic E-state index is 0.0605. The number of benzene rings is 2. The van der Waals surface area contributed by atoms with Crippen LogP contribution in [0, 0.1) is 11.8 Å². The van der Waals surface area contributed by atoms with Gasteiger partial charge >= 0.3 is 0 Å². The smallest absolute Gasteiger partial charge is 0.250 e. The van der Waals surface area contributed by atoms with Gasteiger partial charge in [-0.25, -0.2) is 4.68 Å². The van der Waals surface area contributed by atoms with Crippen LogP contribution in [0.5, 0.6) is 0 Å². The summed E-state index contributed by atoms with van der Waals surface area (Å²) >= 11 is 0. The lowest BCUT2D eigenvalue weighted by atomic mass is 9.74. The van der Waals surface area contributed by atoms with Crippen molar-refractivity contribution in [3.8, 4) is 0 Å². The van der Waals surface area contributed by atoms with Crippen LogP contribution in [0.15, 0.2) is 78.9 Å². The average Bonchev–Trinajstić information content (AvgIpc) is 3.56. The molecule has 0 aliphatic carbocycles. The van der Waals surface area contributed by atoms with Crippen LogP contribution in [-0.4, -0.2) is 91.1 Å². The van der Waals surface area contributed by atoms with Crippen molar-refractivity contribution < 1.29 is 24.2 Å². The quantitative estimate of drug-likeness (QED) is 0.313. The van der Waals surface area contributed by atoms with E-state index in [1.807, 2.05) is 85.8 Å². The molecule has 5 atom stereocenters. The van der Waals surface area contributed by atoms with Gasteiger partial charge in [0.15, 0.2) is 0 Å². The first-order chi connectivity index (χ1) is 21.4. The van der Waals surface area contributed by atoms with E-state index in [2.05, 4.69) is 10.3 Å². The SMILES string of the molecule is C[C@]12C=CCN(c3ccccc3)C(=O)[C@H]1[C@H]1C(=O)N(CCCCCO)C3C(=O)N(Cn4nnc5ccccc54)CC=C[C@@]31O2. The molecule has 2 aromatic carbocycles. The minimum Gasteiger partial charge on any atom is -0.396 e. The van der Waals surface area contributed by atoms with Crippen LogP contribution in [0.4, 0.5) is 5.69 Å². The Labute approximate surface area is 255 Å². The van der Waals surface area contributed by atoms with E-state index >= 15 is 0 Å². The number of rotatable bonds is 8. The van der Waals surface area contributed by atoms with Crippen LogP contribution >= 0.6 is 0 Å². The molecule has 2 fully saturated rings. The zero-order valence-electron chi connectivity index (χ0n) is 24.7. The maximum absolute atomic E-state index is 14.6. The highest BCUT2D eigenvalue weighted by Crippen LogP contribution is 2.57. The number of nitrogens with zero attached hydrogens (tertiary/aromatic N) is 6. The summed E-state index contributed by atoms with van der Waals surface area (Å²) in [5.41, 5.74) is -0.154. The molecule has 228 valence electrons. The van der Waals surface area contributed by atoms with Crippen LogP contribution in [0.3, 0.4) is 0 Å². The standard InChI is InChI=1S/C33H36N6O5/c1-32-16-10-20-37(23-12-4-2-5-13-23)29(41)26(32)27-30(42)38(19-8-3-9-21-40)28-31(43)36(18-11-17-33(27,28)44-32)22-39-25-15-7-6-14-24(25)34-35-39/h2,4-7,10-17,26-28,40H,3,8-9,18-22H2,1H3/t26-,27+,28?,32+,33+/m1/s1. The first kappa shape index (κ1) is 28.4. The van der Waals surface area contributed by atoms with Crippen LogP contribution in [0.2, 0.25) is 0 Å². The molecule has 0 radical (unpaired) electrons. The Morgan fingerprint density at radius 1 is 0.886 bits per heavy atom. The maximum Gasteiger partial charge on any atom is 0.250 e. The largest absolute Gasteiger partial charge is 0.396 e. The van der Waals surface area contributed by atoms with Crippen molar-refractivity contribution in [1.29, 1.82) is 0 Å². The molecule has 44 heavy (non-hydrogen) atoms. The number of fused-ring (bicyclic) bond motifs is 3. The second-order valence-corrected chi connectivity index (χ2v) is 12.2. The lowest BCUT2D eigenvalue weighted by Gasteiger charge is -2.37. The minimum atomic E-state index is -1.33. The van der Waals surface area contributed by atoms with Gasteiger partial charge in [0.05, 0.1) is 23.0 Å². The molecule has 1 unspecified atom stereocenters. The van der Waals surface area contributed by atoms with E-state index in [1.165, 1.54) is 0 Å². The summed E-state index contributed by atoms with van der Waals surface area (Å²) in [5, 5.41) is 17.9. The van der Waals surface area contributed by atoms with Gasteiger partial charge in [-0.2, -0.15) is 0 Å². The van der Waals surface area contributed by atoms with Crippen molar-refractivity contribution in [3.05, 3.63) is 78.9 Å². The summed E-state index contributed by atoms with van der Waals surface area (Å²) < 4.78 is 8.61. The summed E-state index contributed by atoms with van der Waals surface area (Å²) in [4.78, 5) is 48.6. The number of aliphatic hydroxyl groups excluding tert-OH is 1. The third-order valence-electron chi connectivity index (χ3n) is 9.49. The van der Waals surface area contributed by atoms with E-state index in [0.717, 1.165) is 16.7 Å². The second-order valence-electron chi connectivity index (χ2n) is 12.2. The number of anilines is 1. The second kappa shape index (κ2) is 11.0. The molecule has 3 aromatic rings. The van der Waals surface area contributed by atoms with E-state index < -0.39 is 29.1 Å². The summed E-state index contributed by atoms with van der Waals surface area (Å²) in [6, 6.07) is 16.0. The molecular formula is C33H36N6O5. The van der Waals surface area contributed by atoms with Gasteiger partial charge in [-0.1, -0.05) is 59.8 Å². The zero-order valence-corrected chi connectivity index (χ0v) is 24.7. The summed E-state index contributed by atoms with van der Waals surface area (Å²) in [6.07, 6.45) is 9.47. The zero-order chi connectivity index (χ0) is 30.5. The molecule has 4 aliphatic rings. The normalized spacial score (nSPS) is 29.6. The number of para-hydroxylation sites is 2. The van der Waals surface area contributed by atoms with Gasteiger partial charge in [-0.15, -0.1) is 5.10 Å². The fraction of sp³-hybridized carbons (Fsp3) is 0.424. The number of aromatic nitrogens is 3. The molecule has 1 aromatic heterocycles. The predicted molar refractivity (Wildman–Crippen MR) is 162 cm³/mol.